The van der Waals surface area contributed by atoms with Crippen LogP contribution in [0, 0.1) is 6.92 Å². The van der Waals surface area contributed by atoms with Gasteiger partial charge in [0.25, 0.3) is 0 Å². The number of nitrogens with zero attached hydrogens (tertiary/aromatic N) is 4. The third-order valence-corrected chi connectivity index (χ3v) is 4.66. The first-order chi connectivity index (χ1) is 11.1. The lowest BCUT2D eigenvalue weighted by Gasteiger charge is -2.19. The fourth-order valence-electron chi connectivity index (χ4n) is 3.63. The molecule has 120 valence electrons. The van der Waals surface area contributed by atoms with Gasteiger partial charge in [-0.25, -0.2) is 9.67 Å². The van der Waals surface area contributed by atoms with Crippen molar-refractivity contribution in [2.45, 2.75) is 50.7 Å². The zero-order valence-corrected chi connectivity index (χ0v) is 13.0. The molecular weight excluding hydrogens is 294 g/mol. The van der Waals surface area contributed by atoms with E-state index in [0.29, 0.717) is 11.9 Å². The molecule has 0 spiro atoms. The first-order valence-corrected chi connectivity index (χ1v) is 7.92. The van der Waals surface area contributed by atoms with Crippen molar-refractivity contribution in [3.8, 4) is 5.69 Å². The molecule has 3 atom stereocenters. The summed E-state index contributed by atoms with van der Waals surface area (Å²) in [6, 6.07) is 1.91. The Bertz CT molecular complexity index is 757. The van der Waals surface area contributed by atoms with Gasteiger partial charge < -0.3 is 10.5 Å². The van der Waals surface area contributed by atoms with Gasteiger partial charge in [-0.15, -0.1) is 0 Å². The number of pyridine rings is 1. The molecule has 2 N–H and O–H groups in total. The van der Waals surface area contributed by atoms with Crippen molar-refractivity contribution in [1.29, 1.82) is 0 Å². The van der Waals surface area contributed by atoms with Crippen LogP contribution in [0.3, 0.4) is 0 Å². The lowest BCUT2D eigenvalue weighted by Crippen LogP contribution is -2.19. The molecule has 4 heterocycles. The summed E-state index contributed by atoms with van der Waals surface area (Å²) in [5.74, 6) is 1.12. The topological polar surface area (TPSA) is 95.9 Å². The number of primary amides is 1. The van der Waals surface area contributed by atoms with Crippen molar-refractivity contribution >= 4 is 5.91 Å². The lowest BCUT2D eigenvalue weighted by molar-refractivity contribution is -0.117. The molecule has 1 amide bonds. The number of hydrogen-bond acceptors (Lipinski definition) is 5. The lowest BCUT2D eigenvalue weighted by atomic mass is 9.88. The minimum absolute atomic E-state index is 0.0474. The van der Waals surface area contributed by atoms with Gasteiger partial charge in [-0.2, -0.15) is 5.10 Å². The minimum Gasteiger partial charge on any atom is -0.374 e. The first kappa shape index (κ1) is 14.3. The monoisotopic (exact) mass is 313 g/mol. The number of rotatable bonds is 4. The number of aryl methyl sites for hydroxylation is 1. The van der Waals surface area contributed by atoms with E-state index in [9.17, 15) is 4.79 Å². The second-order valence-corrected chi connectivity index (χ2v) is 6.32. The van der Waals surface area contributed by atoms with Crippen LogP contribution in [0.2, 0.25) is 0 Å². The molecule has 0 aromatic carbocycles. The molecule has 0 aliphatic carbocycles. The Hall–Kier alpha value is -2.28. The average Bonchev–Trinajstić information content (AvgIpc) is 3.21. The fraction of sp³-hybridized carbons (Fsp3) is 0.500. The van der Waals surface area contributed by atoms with E-state index in [1.165, 1.54) is 0 Å². The highest BCUT2D eigenvalue weighted by Crippen LogP contribution is 2.44. The van der Waals surface area contributed by atoms with Gasteiger partial charge in [0, 0.05) is 18.3 Å². The highest BCUT2D eigenvalue weighted by Gasteiger charge is 2.44. The molecule has 23 heavy (non-hydrogen) atoms. The second kappa shape index (κ2) is 5.42. The van der Waals surface area contributed by atoms with Crippen LogP contribution in [0.25, 0.3) is 5.69 Å². The zero-order chi connectivity index (χ0) is 16.0. The number of carbonyl (C=O) groups excluding carboxylic acids is 1. The van der Waals surface area contributed by atoms with Crippen LogP contribution >= 0.6 is 0 Å². The smallest absolute Gasteiger partial charge is 0.225 e. The molecule has 2 fully saturated rings. The third-order valence-electron chi connectivity index (χ3n) is 4.66. The quantitative estimate of drug-likeness (QED) is 0.909. The van der Waals surface area contributed by atoms with E-state index in [4.69, 9.17) is 10.5 Å². The second-order valence-electron chi connectivity index (χ2n) is 6.32. The largest absolute Gasteiger partial charge is 0.374 e. The summed E-state index contributed by atoms with van der Waals surface area (Å²) in [7, 11) is 0. The Balaban J connectivity index is 1.78. The molecule has 0 radical (unpaired) electrons. The third kappa shape index (κ3) is 2.50. The number of ether oxygens (including phenoxy) is 1. The molecule has 2 aliphatic rings. The van der Waals surface area contributed by atoms with Crippen molar-refractivity contribution in [1.82, 2.24) is 19.7 Å². The van der Waals surface area contributed by atoms with Crippen molar-refractivity contribution < 1.29 is 9.53 Å². The maximum Gasteiger partial charge on any atom is 0.225 e. The van der Waals surface area contributed by atoms with Crippen molar-refractivity contribution in [3.05, 3.63) is 35.7 Å². The van der Waals surface area contributed by atoms with Crippen LogP contribution in [0.15, 0.2) is 18.5 Å². The number of carbonyl (C=O) groups is 1. The fourth-order valence-corrected chi connectivity index (χ4v) is 3.63. The summed E-state index contributed by atoms with van der Waals surface area (Å²) in [6.07, 6.45) is 7.25. The van der Waals surface area contributed by atoms with E-state index in [0.717, 1.165) is 36.3 Å². The highest BCUT2D eigenvalue weighted by molar-refractivity contribution is 5.75. The number of hydrogen-bond donors (Lipinski definition) is 1. The molecule has 7 heteroatoms. The van der Waals surface area contributed by atoms with Crippen LogP contribution < -0.4 is 5.73 Å². The molecule has 2 aliphatic heterocycles. The SMILES string of the molecule is Cc1cnccc1-n1nc(CC(N)=O)nc1[C@H]1C[C@@H]2CC[C@H]1O2. The van der Waals surface area contributed by atoms with Crippen LogP contribution in [0.4, 0.5) is 0 Å². The Morgan fingerprint density at radius 1 is 1.48 bits per heavy atom. The van der Waals surface area contributed by atoms with E-state index in [-0.39, 0.29) is 18.4 Å². The summed E-state index contributed by atoms with van der Waals surface area (Å²) < 4.78 is 7.80. The zero-order valence-electron chi connectivity index (χ0n) is 13.0. The van der Waals surface area contributed by atoms with Crippen LogP contribution in [-0.2, 0) is 16.0 Å². The van der Waals surface area contributed by atoms with Crippen molar-refractivity contribution in [3.63, 3.8) is 0 Å². The molecule has 4 rings (SSSR count). The first-order valence-electron chi connectivity index (χ1n) is 7.92. The Morgan fingerprint density at radius 2 is 2.35 bits per heavy atom. The van der Waals surface area contributed by atoms with Gasteiger partial charge in [-0.3, -0.25) is 9.78 Å². The molecule has 2 saturated heterocycles. The van der Waals surface area contributed by atoms with Gasteiger partial charge in [0.05, 0.1) is 24.3 Å². The Morgan fingerprint density at radius 3 is 3.00 bits per heavy atom. The van der Waals surface area contributed by atoms with Crippen molar-refractivity contribution in [2.75, 3.05) is 0 Å². The molecule has 7 nitrogen and oxygen atoms in total. The van der Waals surface area contributed by atoms with Crippen LogP contribution in [0.1, 0.15) is 42.4 Å². The van der Waals surface area contributed by atoms with Gasteiger partial charge in [0.15, 0.2) is 5.82 Å². The summed E-state index contributed by atoms with van der Waals surface area (Å²) in [5.41, 5.74) is 7.24. The standard InChI is InChI=1S/C16H19N5O2/c1-9-8-18-5-4-12(9)21-16(19-15(20-21)7-14(17)22)11-6-10-2-3-13(11)23-10/h4-5,8,10-11,13H,2-3,6-7H2,1H3,(H2,17,22)/t10-,11-,13+/m0/s1. The summed E-state index contributed by atoms with van der Waals surface area (Å²) in [5, 5.41) is 4.53. The van der Waals surface area contributed by atoms with Gasteiger partial charge >= 0.3 is 0 Å². The summed E-state index contributed by atoms with van der Waals surface area (Å²) in [4.78, 5) is 20.0. The Labute approximate surface area is 133 Å². The maximum absolute atomic E-state index is 11.2. The van der Waals surface area contributed by atoms with Gasteiger partial charge in [0.1, 0.15) is 5.82 Å². The molecule has 2 aromatic rings. The van der Waals surface area contributed by atoms with Gasteiger partial charge in [-0.05, 0) is 37.8 Å². The van der Waals surface area contributed by atoms with E-state index in [2.05, 4.69) is 15.1 Å². The highest BCUT2D eigenvalue weighted by atomic mass is 16.5. The van der Waals surface area contributed by atoms with Gasteiger partial charge in [0.2, 0.25) is 5.91 Å². The molecule has 2 aromatic heterocycles. The molecule has 0 unspecified atom stereocenters. The van der Waals surface area contributed by atoms with Crippen molar-refractivity contribution in [2.24, 2.45) is 5.73 Å². The average molecular weight is 313 g/mol. The predicted octanol–water partition coefficient (Wildman–Crippen LogP) is 1.03. The van der Waals surface area contributed by atoms with Crippen LogP contribution in [0.5, 0.6) is 0 Å². The number of fused-ring (bicyclic) bond motifs is 2. The van der Waals surface area contributed by atoms with E-state index < -0.39 is 5.91 Å². The summed E-state index contributed by atoms with van der Waals surface area (Å²) in [6.45, 7) is 1.98. The number of nitrogens with two attached hydrogens (primary N) is 1. The van der Waals surface area contributed by atoms with Crippen LogP contribution in [-0.4, -0.2) is 37.9 Å². The van der Waals surface area contributed by atoms with E-state index in [1.54, 1.807) is 12.4 Å². The summed E-state index contributed by atoms with van der Waals surface area (Å²) >= 11 is 0. The maximum atomic E-state index is 11.2. The number of amides is 1. The predicted molar refractivity (Wildman–Crippen MR) is 82.0 cm³/mol. The molecule has 0 saturated carbocycles. The van der Waals surface area contributed by atoms with Gasteiger partial charge in [-0.1, -0.05) is 0 Å². The normalized spacial score (nSPS) is 25.9. The Kier molecular flexibility index (Phi) is 3.37. The molecular formula is C16H19N5O2. The van der Waals surface area contributed by atoms with E-state index in [1.807, 2.05) is 17.7 Å². The van der Waals surface area contributed by atoms with E-state index >= 15 is 0 Å². The number of aromatic nitrogens is 4. The molecule has 2 bridgehead atoms. The minimum atomic E-state index is -0.427.